The predicted octanol–water partition coefficient (Wildman–Crippen LogP) is 0.798. The summed E-state index contributed by atoms with van der Waals surface area (Å²) in [5.41, 5.74) is 4.94. The molecule has 4 N–H and O–H groups in total. The van der Waals surface area contributed by atoms with E-state index in [1.807, 2.05) is 0 Å². The van der Waals surface area contributed by atoms with Gasteiger partial charge < -0.3 is 10.8 Å². The quantitative estimate of drug-likeness (QED) is 0.477. The monoisotopic (exact) mass is 224 g/mol. The van der Waals surface area contributed by atoms with E-state index in [1.165, 1.54) is 0 Å². The van der Waals surface area contributed by atoms with E-state index in [0.717, 1.165) is 6.42 Å². The first-order chi connectivity index (χ1) is 4.68. The summed E-state index contributed by atoms with van der Waals surface area (Å²) in [4.78, 5) is 10.0. The van der Waals surface area contributed by atoms with Crippen LogP contribution in [0.2, 0.25) is 0 Å². The van der Waals surface area contributed by atoms with Gasteiger partial charge in [-0.05, 0) is 25.8 Å². The molecule has 66 valence electrons. The summed E-state index contributed by atoms with van der Waals surface area (Å²) in [5.74, 6) is -1.13. The van der Waals surface area contributed by atoms with Crippen LogP contribution in [-0.4, -0.2) is 23.3 Å². The Morgan fingerprint density at radius 1 is 1.45 bits per heavy atom. The lowest BCUT2D eigenvalue weighted by Crippen LogP contribution is -2.11. The second-order valence-electron chi connectivity index (χ2n) is 2.03. The summed E-state index contributed by atoms with van der Waals surface area (Å²) < 4.78 is 0. The Hall–Kier alpha value is -0.420. The molecule has 0 aromatic heterocycles. The van der Waals surface area contributed by atoms with Crippen molar-refractivity contribution in [3.8, 4) is 0 Å². The first-order valence-electron chi connectivity index (χ1n) is 3.19. The standard InChI is InChI=1S/C6H12N2O2.BrH/c7-4-2-1-3-5(8)6(9)10;/h8H,1-4,7H2,(H,9,10);1H. The van der Waals surface area contributed by atoms with Crippen LogP contribution >= 0.6 is 17.0 Å². The molecule has 0 aromatic carbocycles. The number of carbonyl (C=O) groups is 1. The van der Waals surface area contributed by atoms with Gasteiger partial charge in [0.1, 0.15) is 5.71 Å². The third-order valence-electron chi connectivity index (χ3n) is 1.14. The molecule has 0 bridgehead atoms. The van der Waals surface area contributed by atoms with E-state index in [9.17, 15) is 4.79 Å². The van der Waals surface area contributed by atoms with Crippen molar-refractivity contribution in [2.24, 2.45) is 5.73 Å². The largest absolute Gasteiger partial charge is 0.477 e. The first kappa shape index (κ1) is 13.2. The molecule has 0 aliphatic heterocycles. The lowest BCUT2D eigenvalue weighted by atomic mass is 10.2. The molecular weight excluding hydrogens is 212 g/mol. The Morgan fingerprint density at radius 3 is 2.36 bits per heavy atom. The fraction of sp³-hybridized carbons (Fsp3) is 0.667. The van der Waals surface area contributed by atoms with Gasteiger partial charge in [-0.25, -0.2) is 4.79 Å². The Kier molecular flexibility index (Phi) is 9.21. The van der Waals surface area contributed by atoms with Crippen molar-refractivity contribution in [2.45, 2.75) is 19.3 Å². The highest BCUT2D eigenvalue weighted by atomic mass is 79.9. The number of carboxylic acids is 1. The molecule has 0 aliphatic rings. The molecular formula is C6H13BrN2O2. The molecule has 4 nitrogen and oxygen atoms in total. The van der Waals surface area contributed by atoms with Gasteiger partial charge in [0.05, 0.1) is 0 Å². The molecule has 0 rings (SSSR count). The number of hydrogen-bond acceptors (Lipinski definition) is 3. The summed E-state index contributed by atoms with van der Waals surface area (Å²) in [6.07, 6.45) is 1.81. The molecule has 11 heavy (non-hydrogen) atoms. The van der Waals surface area contributed by atoms with Crippen LogP contribution in [0.15, 0.2) is 0 Å². The van der Waals surface area contributed by atoms with Gasteiger partial charge >= 0.3 is 5.97 Å². The Balaban J connectivity index is 0. The Morgan fingerprint density at radius 2 is 2.00 bits per heavy atom. The zero-order valence-corrected chi connectivity index (χ0v) is 7.88. The van der Waals surface area contributed by atoms with Crippen LogP contribution in [0.3, 0.4) is 0 Å². The van der Waals surface area contributed by atoms with Crippen LogP contribution in [0.25, 0.3) is 0 Å². The highest BCUT2D eigenvalue weighted by Crippen LogP contribution is 1.94. The summed E-state index contributed by atoms with van der Waals surface area (Å²) >= 11 is 0. The minimum absolute atomic E-state index is 0. The van der Waals surface area contributed by atoms with Gasteiger partial charge in [-0.3, -0.25) is 5.41 Å². The number of nitrogens with one attached hydrogen (secondary N) is 1. The number of halogens is 1. The van der Waals surface area contributed by atoms with Crippen molar-refractivity contribution in [1.29, 1.82) is 5.41 Å². The maximum absolute atomic E-state index is 10.0. The molecule has 0 atom stereocenters. The second-order valence-corrected chi connectivity index (χ2v) is 2.03. The van der Waals surface area contributed by atoms with Crippen molar-refractivity contribution in [1.82, 2.24) is 0 Å². The zero-order chi connectivity index (χ0) is 7.98. The van der Waals surface area contributed by atoms with E-state index in [1.54, 1.807) is 0 Å². The Labute approximate surface area is 76.1 Å². The minimum Gasteiger partial charge on any atom is -0.477 e. The third-order valence-corrected chi connectivity index (χ3v) is 1.14. The summed E-state index contributed by atoms with van der Waals surface area (Å²) in [7, 11) is 0. The van der Waals surface area contributed by atoms with Crippen molar-refractivity contribution in [3.05, 3.63) is 0 Å². The third kappa shape index (κ3) is 7.48. The van der Waals surface area contributed by atoms with E-state index < -0.39 is 5.97 Å². The van der Waals surface area contributed by atoms with Crippen LogP contribution in [0.1, 0.15) is 19.3 Å². The molecule has 0 heterocycles. The molecule has 0 fully saturated rings. The molecule has 0 radical (unpaired) electrons. The molecule has 0 amide bonds. The fourth-order valence-corrected chi connectivity index (χ4v) is 0.553. The van der Waals surface area contributed by atoms with Gasteiger partial charge in [0.15, 0.2) is 0 Å². The molecule has 0 aromatic rings. The predicted molar refractivity (Wildman–Crippen MR) is 48.6 cm³/mol. The number of carboxylic acid groups (broad SMARTS) is 1. The molecule has 5 heteroatoms. The Bertz CT molecular complexity index is 139. The van der Waals surface area contributed by atoms with Crippen molar-refractivity contribution < 1.29 is 9.90 Å². The minimum atomic E-state index is -1.13. The summed E-state index contributed by atoms with van der Waals surface area (Å²) in [6, 6.07) is 0. The van der Waals surface area contributed by atoms with Gasteiger partial charge in [-0.1, -0.05) is 0 Å². The first-order valence-corrected chi connectivity index (χ1v) is 3.19. The molecule has 0 aliphatic carbocycles. The van der Waals surface area contributed by atoms with Gasteiger partial charge in [0, 0.05) is 0 Å². The van der Waals surface area contributed by atoms with Crippen LogP contribution < -0.4 is 5.73 Å². The average molecular weight is 225 g/mol. The van der Waals surface area contributed by atoms with Crippen LogP contribution in [0, 0.1) is 5.41 Å². The van der Waals surface area contributed by atoms with Crippen LogP contribution in [-0.2, 0) is 4.79 Å². The molecule has 0 saturated heterocycles. The summed E-state index contributed by atoms with van der Waals surface area (Å²) in [6.45, 7) is 0.562. The maximum Gasteiger partial charge on any atom is 0.349 e. The topological polar surface area (TPSA) is 87.2 Å². The van der Waals surface area contributed by atoms with Crippen molar-refractivity contribution >= 4 is 28.7 Å². The van der Waals surface area contributed by atoms with Crippen LogP contribution in [0.5, 0.6) is 0 Å². The number of unbranched alkanes of at least 4 members (excludes halogenated alkanes) is 1. The lowest BCUT2D eigenvalue weighted by Gasteiger charge is -1.95. The molecule has 0 saturated carbocycles. The maximum atomic E-state index is 10.0. The van der Waals surface area contributed by atoms with E-state index >= 15 is 0 Å². The average Bonchev–Trinajstić information content (AvgIpc) is 1.88. The van der Waals surface area contributed by atoms with Gasteiger partial charge in [0.25, 0.3) is 0 Å². The summed E-state index contributed by atoms with van der Waals surface area (Å²) in [5, 5.41) is 15.1. The van der Waals surface area contributed by atoms with Crippen molar-refractivity contribution in [2.75, 3.05) is 6.54 Å². The van der Waals surface area contributed by atoms with E-state index in [2.05, 4.69) is 0 Å². The van der Waals surface area contributed by atoms with Gasteiger partial charge in [-0.2, -0.15) is 0 Å². The van der Waals surface area contributed by atoms with E-state index in [4.69, 9.17) is 16.2 Å². The molecule has 0 unspecified atom stereocenters. The van der Waals surface area contributed by atoms with Crippen molar-refractivity contribution in [3.63, 3.8) is 0 Å². The van der Waals surface area contributed by atoms with Crippen LogP contribution in [0.4, 0.5) is 0 Å². The number of aliphatic carboxylic acids is 1. The normalized spacial score (nSPS) is 8.45. The van der Waals surface area contributed by atoms with Gasteiger partial charge in [-0.15, -0.1) is 17.0 Å². The smallest absolute Gasteiger partial charge is 0.349 e. The highest BCUT2D eigenvalue weighted by molar-refractivity contribution is 8.93. The highest BCUT2D eigenvalue weighted by Gasteiger charge is 2.04. The SMILES string of the molecule is Br.N=C(CCCCN)C(=O)O. The van der Waals surface area contributed by atoms with E-state index in [0.29, 0.717) is 19.4 Å². The second kappa shape index (κ2) is 7.68. The number of nitrogens with two attached hydrogens (primary N) is 1. The fourth-order valence-electron chi connectivity index (χ4n) is 0.553. The number of hydrogen-bond donors (Lipinski definition) is 3. The number of rotatable bonds is 5. The zero-order valence-electron chi connectivity index (χ0n) is 6.17. The van der Waals surface area contributed by atoms with Gasteiger partial charge in [0.2, 0.25) is 0 Å². The van der Waals surface area contributed by atoms with E-state index in [-0.39, 0.29) is 22.7 Å². The molecule has 0 spiro atoms. The lowest BCUT2D eigenvalue weighted by molar-refractivity contribution is -0.129.